The molecule has 0 aliphatic rings. The summed E-state index contributed by atoms with van der Waals surface area (Å²) in [6.07, 6.45) is 0.338. The first-order chi connectivity index (χ1) is 7.53. The van der Waals surface area contributed by atoms with E-state index in [1.54, 1.807) is 6.07 Å². The van der Waals surface area contributed by atoms with E-state index in [2.05, 4.69) is 40.1 Å². The van der Waals surface area contributed by atoms with Crippen LogP contribution in [0.1, 0.15) is 27.2 Å². The van der Waals surface area contributed by atoms with E-state index in [1.807, 2.05) is 6.92 Å². The molecule has 0 rings (SSSR count). The third kappa shape index (κ3) is 4.87. The molecule has 0 fully saturated rings. The van der Waals surface area contributed by atoms with Crippen molar-refractivity contribution in [2.45, 2.75) is 52.9 Å². The third-order valence-electron chi connectivity index (χ3n) is 3.58. The molecule has 17 heavy (non-hydrogen) atoms. The van der Waals surface area contributed by atoms with Gasteiger partial charge in [0.1, 0.15) is 6.07 Å². The predicted molar refractivity (Wildman–Crippen MR) is 75.5 cm³/mol. The van der Waals surface area contributed by atoms with Gasteiger partial charge in [-0.1, -0.05) is 45.6 Å². The van der Waals surface area contributed by atoms with E-state index in [9.17, 15) is 4.79 Å². The normalized spacial score (nSPS) is 16.8. The van der Waals surface area contributed by atoms with E-state index in [4.69, 9.17) is 5.26 Å². The van der Waals surface area contributed by atoms with E-state index < -0.39 is 8.07 Å². The van der Waals surface area contributed by atoms with Crippen LogP contribution in [-0.4, -0.2) is 13.9 Å². The standard InChI is InChI=1S/C14H25NOSi/c1-11(2)14(4,10-17(5,6)7)12(3)8-13(16)9-15/h12H,1,8,10H2,2-7H3. The van der Waals surface area contributed by atoms with Gasteiger partial charge in [-0.2, -0.15) is 5.26 Å². The van der Waals surface area contributed by atoms with Gasteiger partial charge >= 0.3 is 0 Å². The minimum Gasteiger partial charge on any atom is -0.283 e. The SMILES string of the molecule is C=C(C)C(C)(C[Si](C)(C)C)C(C)CC(=O)C#N. The Balaban J connectivity index is 5.03. The summed E-state index contributed by atoms with van der Waals surface area (Å²) in [5.74, 6) is -0.139. The fourth-order valence-corrected chi connectivity index (χ4v) is 5.25. The van der Waals surface area contributed by atoms with E-state index >= 15 is 0 Å². The fourth-order valence-electron chi connectivity index (χ4n) is 2.40. The zero-order chi connectivity index (χ0) is 13.9. The second-order valence-electron chi connectivity index (χ2n) is 6.58. The summed E-state index contributed by atoms with van der Waals surface area (Å²) >= 11 is 0. The second-order valence-corrected chi connectivity index (χ2v) is 12.1. The van der Waals surface area contributed by atoms with Crippen molar-refractivity contribution >= 4 is 13.9 Å². The molecule has 3 heteroatoms. The van der Waals surface area contributed by atoms with Crippen LogP contribution in [0.2, 0.25) is 25.7 Å². The Morgan fingerprint density at radius 2 is 1.94 bits per heavy atom. The van der Waals surface area contributed by atoms with Gasteiger partial charge in [0.05, 0.1) is 0 Å². The van der Waals surface area contributed by atoms with Crippen LogP contribution in [-0.2, 0) is 4.79 Å². The lowest BCUT2D eigenvalue weighted by Crippen LogP contribution is -2.36. The maximum atomic E-state index is 11.3. The van der Waals surface area contributed by atoms with Crippen LogP contribution in [0, 0.1) is 22.7 Å². The van der Waals surface area contributed by atoms with Crippen LogP contribution < -0.4 is 0 Å². The van der Waals surface area contributed by atoms with Gasteiger partial charge in [0.15, 0.2) is 0 Å². The predicted octanol–water partition coefficient (Wildman–Crippen LogP) is 4.03. The molecule has 2 atom stereocenters. The number of carbonyl (C=O) groups excluding carboxylic acids is 1. The monoisotopic (exact) mass is 251 g/mol. The average Bonchev–Trinajstić information content (AvgIpc) is 2.14. The van der Waals surface area contributed by atoms with E-state index in [1.165, 1.54) is 0 Å². The van der Waals surface area contributed by atoms with E-state index in [-0.39, 0.29) is 17.1 Å². The van der Waals surface area contributed by atoms with Gasteiger partial charge in [0, 0.05) is 14.5 Å². The number of ketones is 1. The van der Waals surface area contributed by atoms with Crippen molar-refractivity contribution < 1.29 is 4.79 Å². The minimum atomic E-state index is -1.23. The molecule has 96 valence electrons. The lowest BCUT2D eigenvalue weighted by molar-refractivity contribution is -0.115. The molecule has 0 aliphatic carbocycles. The Kier molecular flexibility index (Phi) is 5.34. The first-order valence-corrected chi connectivity index (χ1v) is 9.82. The second kappa shape index (κ2) is 5.64. The van der Waals surface area contributed by atoms with Gasteiger partial charge in [-0.3, -0.25) is 4.79 Å². The van der Waals surface area contributed by atoms with Crippen molar-refractivity contribution in [1.29, 1.82) is 5.26 Å². The first kappa shape index (κ1) is 16.1. The highest BCUT2D eigenvalue weighted by Crippen LogP contribution is 2.43. The number of rotatable bonds is 6. The van der Waals surface area contributed by atoms with Crippen LogP contribution in [0.3, 0.4) is 0 Å². The summed E-state index contributed by atoms with van der Waals surface area (Å²) < 4.78 is 0. The Labute approximate surface area is 107 Å². The molecule has 2 unspecified atom stereocenters. The minimum absolute atomic E-state index is 0.0308. The number of hydrogen-bond acceptors (Lipinski definition) is 2. The fraction of sp³-hybridized carbons (Fsp3) is 0.714. The maximum Gasteiger partial charge on any atom is 0.232 e. The van der Waals surface area contributed by atoms with Gasteiger partial charge in [-0.15, -0.1) is 0 Å². The van der Waals surface area contributed by atoms with Crippen molar-refractivity contribution in [2.24, 2.45) is 11.3 Å². The van der Waals surface area contributed by atoms with Crippen molar-refractivity contribution in [3.8, 4) is 6.07 Å². The van der Waals surface area contributed by atoms with Crippen molar-refractivity contribution in [3.05, 3.63) is 12.2 Å². The molecule has 0 spiro atoms. The summed E-state index contributed by atoms with van der Waals surface area (Å²) in [6.45, 7) is 17.4. The lowest BCUT2D eigenvalue weighted by Gasteiger charge is -2.40. The number of allylic oxidation sites excluding steroid dienone is 1. The maximum absolute atomic E-state index is 11.3. The molecular formula is C14H25NOSi. The topological polar surface area (TPSA) is 40.9 Å². The summed E-state index contributed by atoms with van der Waals surface area (Å²) in [5, 5.41) is 8.61. The van der Waals surface area contributed by atoms with Crippen molar-refractivity contribution in [3.63, 3.8) is 0 Å². The first-order valence-electron chi connectivity index (χ1n) is 6.12. The lowest BCUT2D eigenvalue weighted by atomic mass is 9.72. The number of Topliss-reactive ketones (excluding diaryl/α,β-unsaturated/α-hetero) is 1. The van der Waals surface area contributed by atoms with E-state index in [0.29, 0.717) is 6.42 Å². The quantitative estimate of drug-likeness (QED) is 0.406. The highest BCUT2D eigenvalue weighted by Gasteiger charge is 2.37. The molecule has 0 aromatic rings. The molecule has 0 saturated heterocycles. The Bertz CT molecular complexity index is 348. The van der Waals surface area contributed by atoms with E-state index in [0.717, 1.165) is 11.6 Å². The van der Waals surface area contributed by atoms with Crippen LogP contribution in [0.25, 0.3) is 0 Å². The van der Waals surface area contributed by atoms with Crippen LogP contribution in [0.15, 0.2) is 12.2 Å². The zero-order valence-electron chi connectivity index (χ0n) is 12.1. The van der Waals surface area contributed by atoms with Crippen molar-refractivity contribution in [1.82, 2.24) is 0 Å². The average molecular weight is 251 g/mol. The molecule has 0 bridgehead atoms. The zero-order valence-corrected chi connectivity index (χ0v) is 13.1. The number of nitriles is 1. The number of carbonyl (C=O) groups is 1. The molecule has 0 aromatic carbocycles. The molecular weight excluding hydrogens is 226 g/mol. The molecule has 0 radical (unpaired) electrons. The summed E-state index contributed by atoms with van der Waals surface area (Å²) in [4.78, 5) is 11.3. The molecule has 0 amide bonds. The highest BCUT2D eigenvalue weighted by molar-refractivity contribution is 6.76. The third-order valence-corrected chi connectivity index (χ3v) is 5.37. The summed E-state index contributed by atoms with van der Waals surface area (Å²) in [5.41, 5.74) is 1.09. The molecule has 0 saturated carbocycles. The number of nitrogens with zero attached hydrogens (tertiary/aromatic N) is 1. The van der Waals surface area contributed by atoms with Gasteiger partial charge in [-0.25, -0.2) is 0 Å². The molecule has 0 aromatic heterocycles. The summed E-state index contributed by atoms with van der Waals surface area (Å²) in [7, 11) is -1.23. The van der Waals surface area contributed by atoms with Crippen LogP contribution in [0.5, 0.6) is 0 Å². The molecule has 2 nitrogen and oxygen atoms in total. The smallest absolute Gasteiger partial charge is 0.232 e. The van der Waals surface area contributed by atoms with Gasteiger partial charge in [-0.05, 0) is 24.3 Å². The van der Waals surface area contributed by atoms with Gasteiger partial charge in [0.2, 0.25) is 5.78 Å². The Morgan fingerprint density at radius 3 is 2.24 bits per heavy atom. The largest absolute Gasteiger partial charge is 0.283 e. The Morgan fingerprint density at radius 1 is 1.47 bits per heavy atom. The van der Waals surface area contributed by atoms with Crippen LogP contribution in [0.4, 0.5) is 0 Å². The molecule has 0 heterocycles. The highest BCUT2D eigenvalue weighted by atomic mass is 28.3. The summed E-state index contributed by atoms with van der Waals surface area (Å²) in [6, 6.07) is 2.82. The molecule has 0 N–H and O–H groups in total. The van der Waals surface area contributed by atoms with Crippen LogP contribution >= 0.6 is 0 Å². The van der Waals surface area contributed by atoms with Crippen molar-refractivity contribution in [2.75, 3.05) is 0 Å². The van der Waals surface area contributed by atoms with Gasteiger partial charge < -0.3 is 0 Å². The van der Waals surface area contributed by atoms with Gasteiger partial charge in [0.25, 0.3) is 0 Å². The molecule has 0 aliphatic heterocycles. The Hall–Kier alpha value is -0.883. The number of hydrogen-bond donors (Lipinski definition) is 0.